The van der Waals surface area contributed by atoms with Gasteiger partial charge in [0, 0.05) is 5.41 Å². The largest absolute Gasteiger partial charge is 0.508 e. The highest BCUT2D eigenvalue weighted by Gasteiger charge is 2.23. The summed E-state index contributed by atoms with van der Waals surface area (Å²) >= 11 is 0. The van der Waals surface area contributed by atoms with Gasteiger partial charge >= 0.3 is 8.60 Å². The van der Waals surface area contributed by atoms with Gasteiger partial charge in [-0.15, -0.1) is 0 Å². The first-order chi connectivity index (χ1) is 16.4. The molecule has 34 heavy (non-hydrogen) atoms. The van der Waals surface area contributed by atoms with E-state index in [0.29, 0.717) is 12.4 Å². The standard InChI is InChI=1S/C29H45O4P/c1-4-5-6-7-8-9-10-11-12-13-14-15-24-32-34(31)33-28-22-18-26(19-23-28)29(2,3)25-16-20-27(30)21-17-25/h16-23,30-31H,4-15,24H2,1-3H3. The zero-order chi connectivity index (χ0) is 24.7. The van der Waals surface area contributed by atoms with E-state index in [4.69, 9.17) is 9.05 Å². The Labute approximate surface area is 208 Å². The lowest BCUT2D eigenvalue weighted by atomic mass is 9.78. The number of aromatic hydroxyl groups is 1. The number of phenols is 1. The smallest absolute Gasteiger partial charge is 0.394 e. The van der Waals surface area contributed by atoms with E-state index in [-0.39, 0.29) is 11.2 Å². The molecular formula is C29H45O4P. The van der Waals surface area contributed by atoms with Crippen molar-refractivity contribution in [2.75, 3.05) is 6.61 Å². The van der Waals surface area contributed by atoms with E-state index in [2.05, 4.69) is 20.8 Å². The second-order valence-electron chi connectivity index (χ2n) is 9.75. The maximum absolute atomic E-state index is 10.1. The van der Waals surface area contributed by atoms with Gasteiger partial charge in [0.15, 0.2) is 0 Å². The second-order valence-corrected chi connectivity index (χ2v) is 10.7. The van der Waals surface area contributed by atoms with E-state index >= 15 is 0 Å². The van der Waals surface area contributed by atoms with Crippen LogP contribution in [0.25, 0.3) is 0 Å². The van der Waals surface area contributed by atoms with Gasteiger partial charge in [-0.2, -0.15) is 0 Å². The molecule has 0 saturated heterocycles. The number of unbranched alkanes of at least 4 members (excludes halogenated alkanes) is 11. The predicted octanol–water partition coefficient (Wildman–Crippen LogP) is 9.03. The van der Waals surface area contributed by atoms with E-state index in [0.717, 1.165) is 24.0 Å². The van der Waals surface area contributed by atoms with Crippen molar-refractivity contribution in [3.63, 3.8) is 0 Å². The number of rotatable bonds is 18. The van der Waals surface area contributed by atoms with E-state index in [1.807, 2.05) is 36.4 Å². The number of phenolic OH excluding ortho intramolecular Hbond substituents is 1. The molecule has 190 valence electrons. The lowest BCUT2D eigenvalue weighted by Gasteiger charge is -2.26. The van der Waals surface area contributed by atoms with Crippen LogP contribution in [0.2, 0.25) is 0 Å². The van der Waals surface area contributed by atoms with Gasteiger partial charge in [-0.05, 0) is 41.8 Å². The van der Waals surface area contributed by atoms with Crippen LogP contribution in [-0.4, -0.2) is 16.6 Å². The van der Waals surface area contributed by atoms with Crippen LogP contribution < -0.4 is 4.52 Å². The van der Waals surface area contributed by atoms with Crippen LogP contribution in [0.15, 0.2) is 48.5 Å². The van der Waals surface area contributed by atoms with Crippen LogP contribution in [0.5, 0.6) is 11.5 Å². The minimum Gasteiger partial charge on any atom is -0.508 e. The van der Waals surface area contributed by atoms with Gasteiger partial charge in [-0.25, -0.2) is 0 Å². The molecule has 2 aromatic carbocycles. The molecule has 2 aromatic rings. The van der Waals surface area contributed by atoms with Crippen LogP contribution in [0.1, 0.15) is 109 Å². The van der Waals surface area contributed by atoms with Gasteiger partial charge in [0.25, 0.3) is 0 Å². The van der Waals surface area contributed by atoms with Gasteiger partial charge in [0.1, 0.15) is 11.5 Å². The summed E-state index contributed by atoms with van der Waals surface area (Å²) in [6.45, 7) is 7.09. The molecule has 0 aliphatic rings. The first-order valence-electron chi connectivity index (χ1n) is 13.1. The van der Waals surface area contributed by atoms with Crippen molar-refractivity contribution in [3.05, 3.63) is 59.7 Å². The second kappa shape index (κ2) is 16.1. The third kappa shape index (κ3) is 10.8. The summed E-state index contributed by atoms with van der Waals surface area (Å²) < 4.78 is 11.1. The van der Waals surface area contributed by atoms with Crippen molar-refractivity contribution < 1.29 is 19.0 Å². The summed E-state index contributed by atoms with van der Waals surface area (Å²) in [5.41, 5.74) is 2.04. The molecule has 0 fully saturated rings. The molecule has 5 heteroatoms. The van der Waals surface area contributed by atoms with Crippen LogP contribution in [0.3, 0.4) is 0 Å². The number of benzene rings is 2. The fraction of sp³-hybridized carbons (Fsp3) is 0.586. The SMILES string of the molecule is CCCCCCCCCCCCCCOP(O)Oc1ccc(C(C)(C)c2ccc(O)cc2)cc1. The average molecular weight is 489 g/mol. The Kier molecular flexibility index (Phi) is 13.6. The molecule has 0 heterocycles. The monoisotopic (exact) mass is 488 g/mol. The molecule has 1 unspecified atom stereocenters. The average Bonchev–Trinajstić information content (AvgIpc) is 2.82. The van der Waals surface area contributed by atoms with Crippen molar-refractivity contribution in [3.8, 4) is 11.5 Å². The third-order valence-electron chi connectivity index (χ3n) is 6.55. The molecule has 0 aliphatic heterocycles. The topological polar surface area (TPSA) is 58.9 Å². The molecule has 0 bridgehead atoms. The highest BCUT2D eigenvalue weighted by molar-refractivity contribution is 7.41. The van der Waals surface area contributed by atoms with Gasteiger partial charge in [0.2, 0.25) is 0 Å². The molecular weight excluding hydrogens is 443 g/mol. The lowest BCUT2D eigenvalue weighted by Crippen LogP contribution is -2.18. The first-order valence-corrected chi connectivity index (χ1v) is 14.3. The minimum atomic E-state index is -1.91. The highest BCUT2D eigenvalue weighted by atomic mass is 31.2. The molecule has 1 atom stereocenters. The first kappa shape index (κ1) is 28.6. The molecule has 4 nitrogen and oxygen atoms in total. The Bertz CT molecular complexity index is 774. The quantitative estimate of drug-likeness (QED) is 0.162. The Balaban J connectivity index is 1.57. The third-order valence-corrected chi connectivity index (χ3v) is 7.32. The fourth-order valence-electron chi connectivity index (χ4n) is 4.18. The van der Waals surface area contributed by atoms with Crippen molar-refractivity contribution >= 4 is 8.60 Å². The van der Waals surface area contributed by atoms with Gasteiger partial charge < -0.3 is 19.0 Å². The zero-order valence-electron chi connectivity index (χ0n) is 21.5. The van der Waals surface area contributed by atoms with Gasteiger partial charge in [0.05, 0.1) is 6.61 Å². The van der Waals surface area contributed by atoms with Gasteiger partial charge in [-0.3, -0.25) is 0 Å². The summed E-state index contributed by atoms with van der Waals surface area (Å²) in [7, 11) is -1.91. The normalized spacial score (nSPS) is 12.6. The van der Waals surface area contributed by atoms with E-state index < -0.39 is 8.60 Å². The molecule has 0 spiro atoms. The van der Waals surface area contributed by atoms with Crippen molar-refractivity contribution in [1.29, 1.82) is 0 Å². The predicted molar refractivity (Wildman–Crippen MR) is 143 cm³/mol. The molecule has 0 aliphatic carbocycles. The maximum Gasteiger partial charge on any atom is 0.394 e. The Morgan fingerprint density at radius 1 is 0.676 bits per heavy atom. The Hall–Kier alpha value is -1.61. The Morgan fingerprint density at radius 2 is 1.12 bits per heavy atom. The Morgan fingerprint density at radius 3 is 1.62 bits per heavy atom. The van der Waals surface area contributed by atoms with Crippen LogP contribution in [0, 0.1) is 0 Å². The van der Waals surface area contributed by atoms with Crippen molar-refractivity contribution in [2.24, 2.45) is 0 Å². The summed E-state index contributed by atoms with van der Waals surface area (Å²) in [4.78, 5) is 10.1. The van der Waals surface area contributed by atoms with E-state index in [1.165, 1.54) is 64.2 Å². The zero-order valence-corrected chi connectivity index (χ0v) is 22.4. The summed E-state index contributed by atoms with van der Waals surface area (Å²) in [6.07, 6.45) is 15.6. The van der Waals surface area contributed by atoms with Crippen LogP contribution in [-0.2, 0) is 9.94 Å². The molecule has 0 saturated carbocycles. The van der Waals surface area contributed by atoms with Gasteiger partial charge in [-0.1, -0.05) is 116 Å². The minimum absolute atomic E-state index is 0.207. The van der Waals surface area contributed by atoms with Crippen molar-refractivity contribution in [2.45, 2.75) is 103 Å². The molecule has 2 N–H and O–H groups in total. The van der Waals surface area contributed by atoms with Crippen LogP contribution in [0.4, 0.5) is 0 Å². The molecule has 0 amide bonds. The fourth-order valence-corrected chi connectivity index (χ4v) is 4.82. The molecule has 0 radical (unpaired) electrons. The van der Waals surface area contributed by atoms with Crippen molar-refractivity contribution in [1.82, 2.24) is 0 Å². The van der Waals surface area contributed by atoms with Crippen LogP contribution >= 0.6 is 8.60 Å². The maximum atomic E-state index is 10.1. The molecule has 0 aromatic heterocycles. The highest BCUT2D eigenvalue weighted by Crippen LogP contribution is 2.37. The summed E-state index contributed by atoms with van der Waals surface area (Å²) in [6, 6.07) is 15.1. The number of hydrogen-bond donors (Lipinski definition) is 2. The number of hydrogen-bond acceptors (Lipinski definition) is 4. The van der Waals surface area contributed by atoms with E-state index in [9.17, 15) is 10.00 Å². The summed E-state index contributed by atoms with van der Waals surface area (Å²) in [5, 5.41) is 9.53. The lowest BCUT2D eigenvalue weighted by molar-refractivity contribution is 0.253. The summed E-state index contributed by atoms with van der Waals surface area (Å²) in [5.74, 6) is 0.872. The van der Waals surface area contributed by atoms with E-state index in [1.54, 1.807) is 12.1 Å². The molecule has 2 rings (SSSR count).